The molecule has 0 spiro atoms. The van der Waals surface area contributed by atoms with Gasteiger partial charge in [0.2, 0.25) is 0 Å². The molecule has 0 aromatic heterocycles. The maximum atomic E-state index is 14.4. The van der Waals surface area contributed by atoms with Crippen LogP contribution in [0.25, 0.3) is 5.70 Å². The number of carbonyl (C=O) groups is 1. The van der Waals surface area contributed by atoms with Gasteiger partial charge in [-0.1, -0.05) is 55.1 Å². The van der Waals surface area contributed by atoms with Crippen molar-refractivity contribution in [3.05, 3.63) is 70.5 Å². The predicted octanol–water partition coefficient (Wildman–Crippen LogP) is 1.72. The van der Waals surface area contributed by atoms with Gasteiger partial charge in [0.05, 0.1) is 5.36 Å². The third kappa shape index (κ3) is 2.70. The standard InChI is InChI=1S/C18H15FN4OS/c1-2-25-18-21-17(24)15-12-8-4-6-10-14(12)20-16(23(15)22-18)11-7-3-5-9-13(11)19/h3-10,16H,2H2,1H3,(H,21,22,24)/t16-/m0/s1. The zero-order valence-electron chi connectivity index (χ0n) is 13.4. The van der Waals surface area contributed by atoms with Crippen LogP contribution >= 0.6 is 11.8 Å². The number of rotatable bonds is 2. The maximum Gasteiger partial charge on any atom is 0.276 e. The number of benzene rings is 2. The maximum absolute atomic E-state index is 14.4. The second-order valence-electron chi connectivity index (χ2n) is 5.53. The van der Waals surface area contributed by atoms with Crippen molar-refractivity contribution in [1.29, 1.82) is 0 Å². The van der Waals surface area contributed by atoms with Gasteiger partial charge in [0, 0.05) is 10.8 Å². The van der Waals surface area contributed by atoms with Crippen LogP contribution < -0.4 is 15.9 Å². The van der Waals surface area contributed by atoms with Crippen molar-refractivity contribution in [1.82, 2.24) is 10.3 Å². The fraction of sp³-hybridized carbons (Fsp3) is 0.167. The second-order valence-corrected chi connectivity index (χ2v) is 6.78. The molecule has 0 saturated carbocycles. The lowest BCUT2D eigenvalue weighted by Gasteiger charge is -2.34. The molecule has 2 aliphatic rings. The Kier molecular flexibility index (Phi) is 4.01. The first-order valence-corrected chi connectivity index (χ1v) is 8.91. The van der Waals surface area contributed by atoms with Crippen LogP contribution in [0.15, 0.2) is 58.6 Å². The third-order valence-electron chi connectivity index (χ3n) is 3.98. The number of hydrogen-bond acceptors (Lipinski definition) is 5. The molecule has 0 radical (unpaired) electrons. The Morgan fingerprint density at radius 1 is 1.20 bits per heavy atom. The first-order valence-electron chi connectivity index (χ1n) is 7.92. The fourth-order valence-electron chi connectivity index (χ4n) is 2.92. The molecule has 0 fully saturated rings. The minimum atomic E-state index is -0.718. The Bertz CT molecular complexity index is 1000. The van der Waals surface area contributed by atoms with Gasteiger partial charge < -0.3 is 0 Å². The van der Waals surface area contributed by atoms with Crippen molar-refractivity contribution >= 4 is 28.5 Å². The molecule has 1 N–H and O–H groups in total. The lowest BCUT2D eigenvalue weighted by atomic mass is 10.1. The van der Waals surface area contributed by atoms with E-state index in [1.54, 1.807) is 18.2 Å². The average Bonchev–Trinajstić information content (AvgIpc) is 2.61. The molecule has 1 amide bonds. The fourth-order valence-corrected chi connectivity index (χ4v) is 3.50. The summed E-state index contributed by atoms with van der Waals surface area (Å²) in [6.45, 7) is 1.98. The lowest BCUT2D eigenvalue weighted by Crippen LogP contribution is -2.50. The van der Waals surface area contributed by atoms with E-state index in [-0.39, 0.29) is 11.7 Å². The van der Waals surface area contributed by atoms with Crippen LogP contribution in [0, 0.1) is 5.82 Å². The van der Waals surface area contributed by atoms with E-state index in [0.717, 1.165) is 5.75 Å². The molecule has 2 aromatic rings. The smallest absolute Gasteiger partial charge is 0.276 e. The number of halogens is 1. The summed E-state index contributed by atoms with van der Waals surface area (Å²) in [5, 5.41) is 10.7. The van der Waals surface area contributed by atoms with Crippen molar-refractivity contribution in [3.8, 4) is 0 Å². The van der Waals surface area contributed by atoms with Crippen molar-refractivity contribution in [3.63, 3.8) is 0 Å². The minimum absolute atomic E-state index is 0.255. The highest BCUT2D eigenvalue weighted by molar-refractivity contribution is 8.13. The molecular formula is C18H15FN4OS. The monoisotopic (exact) mass is 354 g/mol. The number of carbonyl (C=O) groups excluding carboxylic acids is 1. The molecule has 0 unspecified atom stereocenters. The molecule has 5 nitrogen and oxygen atoms in total. The van der Waals surface area contributed by atoms with E-state index in [1.165, 1.54) is 22.8 Å². The van der Waals surface area contributed by atoms with Gasteiger partial charge in [0.25, 0.3) is 5.91 Å². The molecule has 25 heavy (non-hydrogen) atoms. The van der Waals surface area contributed by atoms with E-state index in [9.17, 15) is 9.18 Å². The summed E-state index contributed by atoms with van der Waals surface area (Å²) >= 11 is 1.42. The lowest BCUT2D eigenvalue weighted by molar-refractivity contribution is -0.116. The second kappa shape index (κ2) is 6.33. The molecule has 0 aliphatic carbocycles. The molecule has 2 heterocycles. The first kappa shape index (κ1) is 15.8. The third-order valence-corrected chi connectivity index (χ3v) is 4.73. The number of hydrazone groups is 1. The van der Waals surface area contributed by atoms with Crippen LogP contribution in [0.2, 0.25) is 0 Å². The van der Waals surface area contributed by atoms with Gasteiger partial charge in [-0.05, 0) is 17.9 Å². The minimum Gasteiger partial charge on any atom is -0.298 e. The highest BCUT2D eigenvalue weighted by Crippen LogP contribution is 2.31. The van der Waals surface area contributed by atoms with Gasteiger partial charge in [-0.3, -0.25) is 15.1 Å². The zero-order chi connectivity index (χ0) is 17.4. The van der Waals surface area contributed by atoms with E-state index in [0.29, 0.717) is 27.0 Å². The van der Waals surface area contributed by atoms with E-state index >= 15 is 0 Å². The molecule has 1 atom stereocenters. The summed E-state index contributed by atoms with van der Waals surface area (Å²) in [4.78, 5) is 17.4. The van der Waals surface area contributed by atoms with Gasteiger partial charge in [0.15, 0.2) is 11.3 Å². The van der Waals surface area contributed by atoms with Gasteiger partial charge in [-0.15, -0.1) is 5.10 Å². The van der Waals surface area contributed by atoms with E-state index in [2.05, 4.69) is 15.4 Å². The van der Waals surface area contributed by atoms with Crippen molar-refractivity contribution in [2.45, 2.75) is 13.1 Å². The van der Waals surface area contributed by atoms with Gasteiger partial charge in [-0.25, -0.2) is 9.40 Å². The van der Waals surface area contributed by atoms with Crippen molar-refractivity contribution in [2.75, 3.05) is 5.75 Å². The van der Waals surface area contributed by atoms with Crippen LogP contribution in [0.1, 0.15) is 18.7 Å². The Labute approximate surface area is 147 Å². The van der Waals surface area contributed by atoms with Gasteiger partial charge >= 0.3 is 0 Å². The predicted molar refractivity (Wildman–Crippen MR) is 95.3 cm³/mol. The van der Waals surface area contributed by atoms with Crippen LogP contribution in [-0.2, 0) is 4.79 Å². The average molecular weight is 354 g/mol. The molecule has 126 valence electrons. The number of amidine groups is 1. The van der Waals surface area contributed by atoms with Crippen molar-refractivity contribution < 1.29 is 9.18 Å². The quantitative estimate of drug-likeness (QED) is 0.894. The van der Waals surface area contributed by atoms with Gasteiger partial charge in [-0.2, -0.15) is 0 Å². The van der Waals surface area contributed by atoms with Crippen molar-refractivity contribution in [2.24, 2.45) is 10.1 Å². The Morgan fingerprint density at radius 2 is 1.96 bits per heavy atom. The zero-order valence-corrected chi connectivity index (χ0v) is 14.3. The normalized spacial score (nSPS) is 18.7. The summed E-state index contributed by atoms with van der Waals surface area (Å²) in [7, 11) is 0. The van der Waals surface area contributed by atoms with E-state index < -0.39 is 6.17 Å². The summed E-state index contributed by atoms with van der Waals surface area (Å²) < 4.78 is 14.4. The Hall–Kier alpha value is -2.67. The Morgan fingerprint density at radius 3 is 2.76 bits per heavy atom. The number of thioether (sulfide) groups is 1. The summed E-state index contributed by atoms with van der Waals surface area (Å²) in [6, 6.07) is 13.8. The van der Waals surface area contributed by atoms with E-state index in [1.807, 2.05) is 31.2 Å². The molecule has 2 aromatic carbocycles. The molecular weight excluding hydrogens is 339 g/mol. The molecule has 2 aliphatic heterocycles. The van der Waals surface area contributed by atoms with Crippen LogP contribution in [0.5, 0.6) is 0 Å². The SMILES string of the molecule is CCSC1=NN2C(=c3ccccc3=N[C@@H]2c2ccccc2F)C(=O)N1. The van der Waals surface area contributed by atoms with Crippen LogP contribution in [-0.4, -0.2) is 21.8 Å². The molecule has 4 rings (SSSR count). The number of nitrogens with zero attached hydrogens (tertiary/aromatic N) is 3. The van der Waals surface area contributed by atoms with E-state index in [4.69, 9.17) is 0 Å². The number of para-hydroxylation sites is 1. The van der Waals surface area contributed by atoms with Gasteiger partial charge in [0.1, 0.15) is 11.5 Å². The first-order chi connectivity index (χ1) is 12.2. The Balaban J connectivity index is 1.98. The number of hydrogen-bond donors (Lipinski definition) is 1. The molecule has 7 heteroatoms. The highest BCUT2D eigenvalue weighted by atomic mass is 32.2. The van der Waals surface area contributed by atoms with Crippen LogP contribution in [0.3, 0.4) is 0 Å². The number of nitrogens with one attached hydrogen (secondary N) is 1. The summed E-state index contributed by atoms with van der Waals surface area (Å²) in [6.07, 6.45) is -0.718. The molecule has 0 bridgehead atoms. The summed E-state index contributed by atoms with van der Waals surface area (Å²) in [5.41, 5.74) is 0.771. The topological polar surface area (TPSA) is 57.1 Å². The largest absolute Gasteiger partial charge is 0.298 e. The van der Waals surface area contributed by atoms with Crippen LogP contribution in [0.4, 0.5) is 4.39 Å². The highest BCUT2D eigenvalue weighted by Gasteiger charge is 2.35. The summed E-state index contributed by atoms with van der Waals surface area (Å²) in [5.74, 6) is 0.135. The number of fused-ring (bicyclic) bond motifs is 2. The molecule has 0 saturated heterocycles. The number of amides is 1.